The van der Waals surface area contributed by atoms with Crippen LogP contribution in [0.1, 0.15) is 32.6 Å². The van der Waals surface area contributed by atoms with E-state index in [9.17, 15) is 0 Å². The highest BCUT2D eigenvalue weighted by Gasteiger charge is 2.43. The van der Waals surface area contributed by atoms with Crippen LogP contribution in [0.5, 0.6) is 0 Å². The third kappa shape index (κ3) is 1.00. The van der Waals surface area contributed by atoms with E-state index in [1.54, 1.807) is 0 Å². The van der Waals surface area contributed by atoms with E-state index < -0.39 is 0 Å². The summed E-state index contributed by atoms with van der Waals surface area (Å²) in [6.45, 7) is 2.14. The summed E-state index contributed by atoms with van der Waals surface area (Å²) in [5.41, 5.74) is 0. The van der Waals surface area contributed by atoms with Gasteiger partial charge in [0.05, 0.1) is 0 Å². The molecule has 2 fully saturated rings. The predicted molar refractivity (Wildman–Crippen MR) is 43.8 cm³/mol. The van der Waals surface area contributed by atoms with Gasteiger partial charge in [0, 0.05) is 0 Å². The molecule has 10 heavy (non-hydrogen) atoms. The first-order valence-electron chi connectivity index (χ1n) is 4.54. The van der Waals surface area contributed by atoms with Gasteiger partial charge in [-0.3, -0.25) is 0 Å². The quantitative estimate of drug-likeness (QED) is 0.486. The summed E-state index contributed by atoms with van der Waals surface area (Å²) in [6, 6.07) is 0. The first-order valence-corrected chi connectivity index (χ1v) is 4.54. The van der Waals surface area contributed by atoms with Crippen molar-refractivity contribution in [2.45, 2.75) is 32.6 Å². The summed E-state index contributed by atoms with van der Waals surface area (Å²) >= 11 is 0. The second-order valence-electron chi connectivity index (χ2n) is 3.78. The van der Waals surface area contributed by atoms with Crippen molar-refractivity contribution < 1.29 is 0 Å². The Morgan fingerprint density at radius 1 is 1.30 bits per heavy atom. The molecule has 3 atom stereocenters. The lowest BCUT2D eigenvalue weighted by Gasteiger charge is -2.16. The molecule has 0 saturated heterocycles. The zero-order chi connectivity index (χ0) is 6.97. The highest BCUT2D eigenvalue weighted by molar-refractivity contribution is 5.02. The molecule has 0 heteroatoms. The molecule has 0 amide bonds. The van der Waals surface area contributed by atoms with Crippen LogP contribution in [0, 0.1) is 17.8 Å². The molecule has 0 aromatic carbocycles. The maximum atomic E-state index is 2.42. The third-order valence-electron chi connectivity index (χ3n) is 3.08. The number of hydrogen-bond donors (Lipinski definition) is 0. The summed E-state index contributed by atoms with van der Waals surface area (Å²) in [7, 11) is 0. The first-order chi connectivity index (χ1) is 4.92. The monoisotopic (exact) mass is 136 g/mol. The van der Waals surface area contributed by atoms with E-state index in [1.807, 2.05) is 0 Å². The van der Waals surface area contributed by atoms with E-state index in [0.717, 1.165) is 17.8 Å². The van der Waals surface area contributed by atoms with Crippen LogP contribution >= 0.6 is 0 Å². The highest BCUT2D eigenvalue weighted by Crippen LogP contribution is 2.53. The Kier molecular flexibility index (Phi) is 1.55. The van der Waals surface area contributed by atoms with Crippen LogP contribution in [0.2, 0.25) is 0 Å². The number of allylic oxidation sites excluding steroid dienone is 2. The Balaban J connectivity index is 1.95. The molecule has 0 bridgehead atoms. The van der Waals surface area contributed by atoms with Crippen LogP contribution in [0.3, 0.4) is 0 Å². The smallest absolute Gasteiger partial charge is 0.0202 e. The molecule has 2 aliphatic carbocycles. The van der Waals surface area contributed by atoms with Crippen molar-refractivity contribution in [1.82, 2.24) is 0 Å². The van der Waals surface area contributed by atoms with Crippen LogP contribution < -0.4 is 0 Å². The molecule has 0 aliphatic heterocycles. The lowest BCUT2D eigenvalue weighted by Crippen LogP contribution is -2.06. The molecule has 0 radical (unpaired) electrons. The Bertz CT molecular complexity index is 146. The van der Waals surface area contributed by atoms with E-state index in [0.29, 0.717) is 0 Å². The van der Waals surface area contributed by atoms with E-state index in [1.165, 1.54) is 25.7 Å². The third-order valence-corrected chi connectivity index (χ3v) is 3.08. The van der Waals surface area contributed by atoms with Gasteiger partial charge >= 0.3 is 0 Å². The second-order valence-corrected chi connectivity index (χ2v) is 3.78. The molecule has 2 aliphatic rings. The topological polar surface area (TPSA) is 0 Å². The number of rotatable bonds is 1. The maximum absolute atomic E-state index is 2.42. The molecule has 0 spiro atoms. The molecule has 3 unspecified atom stereocenters. The summed E-state index contributed by atoms with van der Waals surface area (Å²) in [5.74, 6) is 3.20. The zero-order valence-corrected chi connectivity index (χ0v) is 6.72. The van der Waals surface area contributed by atoms with E-state index in [4.69, 9.17) is 0 Å². The van der Waals surface area contributed by atoms with Gasteiger partial charge in [-0.25, -0.2) is 0 Å². The molecule has 0 aromatic heterocycles. The van der Waals surface area contributed by atoms with Crippen LogP contribution in [0.25, 0.3) is 0 Å². The van der Waals surface area contributed by atoms with Crippen LogP contribution in [-0.2, 0) is 0 Å². The molecular weight excluding hydrogens is 120 g/mol. The number of fused-ring (bicyclic) bond motifs is 1. The van der Waals surface area contributed by atoms with E-state index in [2.05, 4.69) is 19.1 Å². The van der Waals surface area contributed by atoms with E-state index >= 15 is 0 Å². The van der Waals surface area contributed by atoms with Gasteiger partial charge in [-0.2, -0.15) is 0 Å². The average Bonchev–Trinajstić information content (AvgIpc) is 2.67. The van der Waals surface area contributed by atoms with Crippen molar-refractivity contribution in [3.05, 3.63) is 12.2 Å². The molecule has 56 valence electrons. The standard InChI is InChI=1S/C10H16/c1-2-4-8-5-3-6-9-7-10(8)9/h2,4,8-10H,3,5-7H2,1H3/b4-2-. The van der Waals surface area contributed by atoms with Crippen LogP contribution in [0.4, 0.5) is 0 Å². The highest BCUT2D eigenvalue weighted by atomic mass is 14.5. The summed E-state index contributed by atoms with van der Waals surface area (Å²) < 4.78 is 0. The zero-order valence-electron chi connectivity index (χ0n) is 6.72. The normalized spacial score (nSPS) is 45.5. The molecule has 0 aromatic rings. The van der Waals surface area contributed by atoms with Gasteiger partial charge in [0.2, 0.25) is 0 Å². The fourth-order valence-electron chi connectivity index (χ4n) is 2.44. The Labute approximate surface area is 63.3 Å². The van der Waals surface area contributed by atoms with Crippen molar-refractivity contribution in [2.24, 2.45) is 17.8 Å². The van der Waals surface area contributed by atoms with Crippen molar-refractivity contribution in [2.75, 3.05) is 0 Å². The van der Waals surface area contributed by atoms with Gasteiger partial charge in [-0.05, 0) is 37.5 Å². The SMILES string of the molecule is C/C=C\C1CCCC2CC12. The van der Waals surface area contributed by atoms with Gasteiger partial charge in [-0.15, -0.1) is 0 Å². The number of hydrogen-bond acceptors (Lipinski definition) is 0. The fourth-order valence-corrected chi connectivity index (χ4v) is 2.44. The van der Waals surface area contributed by atoms with Crippen molar-refractivity contribution in [3.63, 3.8) is 0 Å². The Morgan fingerprint density at radius 2 is 2.20 bits per heavy atom. The predicted octanol–water partition coefficient (Wildman–Crippen LogP) is 3.00. The molecule has 0 heterocycles. The maximum Gasteiger partial charge on any atom is -0.0202 e. The average molecular weight is 136 g/mol. The van der Waals surface area contributed by atoms with Crippen molar-refractivity contribution >= 4 is 0 Å². The molecular formula is C10H16. The summed E-state index contributed by atoms with van der Waals surface area (Å²) in [4.78, 5) is 0. The Hall–Kier alpha value is -0.260. The molecule has 2 saturated carbocycles. The molecule has 2 rings (SSSR count). The van der Waals surface area contributed by atoms with E-state index in [-0.39, 0.29) is 0 Å². The largest absolute Gasteiger partial charge is 0.0914 e. The van der Waals surface area contributed by atoms with Crippen LogP contribution in [0.15, 0.2) is 12.2 Å². The molecule has 0 nitrogen and oxygen atoms in total. The fraction of sp³-hybridized carbons (Fsp3) is 0.800. The molecule has 0 N–H and O–H groups in total. The van der Waals surface area contributed by atoms with Crippen molar-refractivity contribution in [1.29, 1.82) is 0 Å². The summed E-state index contributed by atoms with van der Waals surface area (Å²) in [6.07, 6.45) is 10.7. The Morgan fingerprint density at radius 3 is 3.00 bits per heavy atom. The van der Waals surface area contributed by atoms with Gasteiger partial charge in [0.25, 0.3) is 0 Å². The minimum atomic E-state index is 0.962. The van der Waals surface area contributed by atoms with Gasteiger partial charge in [0.1, 0.15) is 0 Å². The summed E-state index contributed by atoms with van der Waals surface area (Å²) in [5, 5.41) is 0. The van der Waals surface area contributed by atoms with Gasteiger partial charge < -0.3 is 0 Å². The lowest BCUT2D eigenvalue weighted by atomic mass is 9.89. The van der Waals surface area contributed by atoms with Gasteiger partial charge in [-0.1, -0.05) is 25.0 Å². The van der Waals surface area contributed by atoms with Crippen LogP contribution in [-0.4, -0.2) is 0 Å². The van der Waals surface area contributed by atoms with Gasteiger partial charge in [0.15, 0.2) is 0 Å². The minimum absolute atomic E-state index is 0.962. The minimum Gasteiger partial charge on any atom is -0.0914 e. The first kappa shape index (κ1) is 6.45. The second kappa shape index (κ2) is 2.41. The lowest BCUT2D eigenvalue weighted by molar-refractivity contribution is 0.395. The van der Waals surface area contributed by atoms with Crippen molar-refractivity contribution in [3.8, 4) is 0 Å².